The second-order valence-corrected chi connectivity index (χ2v) is 7.31. The van der Waals surface area contributed by atoms with E-state index in [1.54, 1.807) is 14.2 Å². The topological polar surface area (TPSA) is 60.5 Å². The zero-order chi connectivity index (χ0) is 21.3. The van der Waals surface area contributed by atoms with E-state index in [9.17, 15) is 4.79 Å². The van der Waals surface area contributed by atoms with Gasteiger partial charge in [-0.25, -0.2) is 4.98 Å². The van der Waals surface area contributed by atoms with Crippen LogP contribution in [0.25, 0.3) is 22.2 Å². The van der Waals surface area contributed by atoms with Crippen LogP contribution in [0, 0.1) is 0 Å². The average molecular weight is 407 g/mol. The normalized spacial score (nSPS) is 10.8. The van der Waals surface area contributed by atoms with Gasteiger partial charge in [-0.2, -0.15) is 0 Å². The third-order valence-electron chi connectivity index (χ3n) is 5.21. The Labute approximate surface area is 178 Å². The Bertz CT molecular complexity index is 1000. The lowest BCUT2D eigenvalue weighted by Gasteiger charge is -2.13. The van der Waals surface area contributed by atoms with E-state index in [0.717, 1.165) is 29.3 Å². The molecule has 5 heteroatoms. The highest BCUT2D eigenvalue weighted by atomic mass is 16.5. The smallest absolute Gasteiger partial charge is 0.252 e. The fourth-order valence-electron chi connectivity index (χ4n) is 3.54. The monoisotopic (exact) mass is 406 g/mol. The summed E-state index contributed by atoms with van der Waals surface area (Å²) in [6.45, 7) is 2.88. The minimum absolute atomic E-state index is 0.0715. The predicted molar refractivity (Wildman–Crippen MR) is 121 cm³/mol. The van der Waals surface area contributed by atoms with Crippen LogP contribution in [0.2, 0.25) is 0 Å². The van der Waals surface area contributed by atoms with E-state index in [-0.39, 0.29) is 5.91 Å². The van der Waals surface area contributed by atoms with Crippen LogP contribution in [0.4, 0.5) is 0 Å². The van der Waals surface area contributed by atoms with E-state index in [1.165, 1.54) is 19.3 Å². The molecular formula is C25H30N2O3. The molecule has 1 aromatic heterocycles. The van der Waals surface area contributed by atoms with E-state index in [4.69, 9.17) is 14.5 Å². The first kappa shape index (κ1) is 21.6. The molecule has 3 aromatic rings. The minimum Gasteiger partial charge on any atom is -0.497 e. The fraction of sp³-hybridized carbons (Fsp3) is 0.360. The maximum atomic E-state index is 13.0. The number of carbonyl (C=O) groups excluding carboxylic acids is 1. The Morgan fingerprint density at radius 3 is 2.53 bits per heavy atom. The highest BCUT2D eigenvalue weighted by molar-refractivity contribution is 6.07. The molecule has 0 saturated heterocycles. The molecule has 158 valence electrons. The molecule has 0 aliphatic carbocycles. The zero-order valence-corrected chi connectivity index (χ0v) is 18.0. The number of nitrogens with zero attached hydrogens (tertiary/aromatic N) is 1. The number of methoxy groups -OCH3 is 2. The van der Waals surface area contributed by atoms with Gasteiger partial charge in [0.25, 0.3) is 5.91 Å². The zero-order valence-electron chi connectivity index (χ0n) is 18.0. The maximum absolute atomic E-state index is 13.0. The Balaban J connectivity index is 1.91. The van der Waals surface area contributed by atoms with Crippen LogP contribution in [-0.2, 0) is 0 Å². The van der Waals surface area contributed by atoms with Crippen LogP contribution >= 0.6 is 0 Å². The summed E-state index contributed by atoms with van der Waals surface area (Å²) in [6, 6.07) is 15.2. The van der Waals surface area contributed by atoms with E-state index in [2.05, 4.69) is 12.2 Å². The second-order valence-electron chi connectivity index (χ2n) is 7.31. The average Bonchev–Trinajstić information content (AvgIpc) is 2.79. The first-order valence-corrected chi connectivity index (χ1v) is 10.6. The van der Waals surface area contributed by atoms with Crippen LogP contribution in [0.1, 0.15) is 49.4 Å². The number of amides is 1. The van der Waals surface area contributed by atoms with Gasteiger partial charge in [0, 0.05) is 23.6 Å². The molecule has 0 saturated carbocycles. The van der Waals surface area contributed by atoms with Crippen molar-refractivity contribution in [3.63, 3.8) is 0 Å². The number of rotatable bonds is 10. The maximum Gasteiger partial charge on any atom is 0.252 e. The molecule has 1 heterocycles. The van der Waals surface area contributed by atoms with Crippen molar-refractivity contribution >= 4 is 16.8 Å². The van der Waals surface area contributed by atoms with Crippen molar-refractivity contribution in [3.05, 3.63) is 54.1 Å². The number of ether oxygens (including phenoxy) is 2. The number of para-hydroxylation sites is 1. The number of nitrogens with one attached hydrogen (secondary N) is 1. The van der Waals surface area contributed by atoms with Gasteiger partial charge in [0.15, 0.2) is 0 Å². The molecule has 0 bridgehead atoms. The third-order valence-corrected chi connectivity index (χ3v) is 5.21. The van der Waals surface area contributed by atoms with Gasteiger partial charge >= 0.3 is 0 Å². The van der Waals surface area contributed by atoms with Gasteiger partial charge < -0.3 is 14.8 Å². The quantitative estimate of drug-likeness (QED) is 0.444. The van der Waals surface area contributed by atoms with Crippen molar-refractivity contribution < 1.29 is 14.3 Å². The van der Waals surface area contributed by atoms with Crippen molar-refractivity contribution in [2.45, 2.75) is 39.0 Å². The standard InChI is InChI=1S/C25H30N2O3/c1-4-5-6-7-10-15-26-25(28)21-17-23(27-22-12-9-8-11-19(21)22)20-14-13-18(29-2)16-24(20)30-3/h8-9,11-14,16-17H,4-7,10,15H2,1-3H3,(H,26,28). The van der Waals surface area contributed by atoms with Gasteiger partial charge in [-0.15, -0.1) is 0 Å². The van der Waals surface area contributed by atoms with E-state index < -0.39 is 0 Å². The summed E-state index contributed by atoms with van der Waals surface area (Å²) < 4.78 is 10.8. The van der Waals surface area contributed by atoms with Crippen molar-refractivity contribution in [2.24, 2.45) is 0 Å². The van der Waals surface area contributed by atoms with E-state index >= 15 is 0 Å². The summed E-state index contributed by atoms with van der Waals surface area (Å²) in [7, 11) is 3.24. The molecule has 0 aliphatic heterocycles. The highest BCUT2D eigenvalue weighted by Crippen LogP contribution is 2.34. The van der Waals surface area contributed by atoms with Gasteiger partial charge in [-0.3, -0.25) is 4.79 Å². The van der Waals surface area contributed by atoms with Crippen molar-refractivity contribution in [3.8, 4) is 22.8 Å². The number of benzene rings is 2. The molecule has 30 heavy (non-hydrogen) atoms. The lowest BCUT2D eigenvalue weighted by Crippen LogP contribution is -2.24. The largest absolute Gasteiger partial charge is 0.497 e. The predicted octanol–water partition coefficient (Wildman–Crippen LogP) is 5.62. The molecule has 0 unspecified atom stereocenters. The van der Waals surface area contributed by atoms with Gasteiger partial charge in [0.2, 0.25) is 0 Å². The SMILES string of the molecule is CCCCCCCNC(=O)c1cc(-c2ccc(OC)cc2OC)nc2ccccc12. The molecule has 0 spiro atoms. The number of pyridine rings is 1. The number of hydrogen-bond acceptors (Lipinski definition) is 4. The summed E-state index contributed by atoms with van der Waals surface area (Å²) in [6.07, 6.45) is 5.81. The highest BCUT2D eigenvalue weighted by Gasteiger charge is 2.16. The van der Waals surface area contributed by atoms with Crippen molar-refractivity contribution in [1.29, 1.82) is 0 Å². The van der Waals surface area contributed by atoms with Crippen molar-refractivity contribution in [2.75, 3.05) is 20.8 Å². The summed E-state index contributed by atoms with van der Waals surface area (Å²) in [5, 5.41) is 3.92. The van der Waals surface area contributed by atoms with Crippen molar-refractivity contribution in [1.82, 2.24) is 10.3 Å². The Morgan fingerprint density at radius 1 is 0.967 bits per heavy atom. The van der Waals surface area contributed by atoms with Crippen LogP contribution < -0.4 is 14.8 Å². The summed E-state index contributed by atoms with van der Waals surface area (Å²) >= 11 is 0. The Kier molecular flexibility index (Phi) is 7.66. The molecule has 3 rings (SSSR count). The molecule has 1 N–H and O–H groups in total. The number of hydrogen-bond donors (Lipinski definition) is 1. The van der Waals surface area contributed by atoms with Crippen LogP contribution in [-0.4, -0.2) is 31.7 Å². The third kappa shape index (κ3) is 5.09. The van der Waals surface area contributed by atoms with Gasteiger partial charge in [-0.1, -0.05) is 50.8 Å². The number of carbonyl (C=O) groups is 1. The summed E-state index contributed by atoms with van der Waals surface area (Å²) in [4.78, 5) is 17.8. The first-order chi connectivity index (χ1) is 14.7. The Hall–Kier alpha value is -3.08. The molecule has 0 fully saturated rings. The van der Waals surface area contributed by atoms with Crippen LogP contribution in [0.3, 0.4) is 0 Å². The molecule has 2 aromatic carbocycles. The van der Waals surface area contributed by atoms with E-state index in [0.29, 0.717) is 29.3 Å². The fourth-order valence-corrected chi connectivity index (χ4v) is 3.54. The second kappa shape index (κ2) is 10.6. The lowest BCUT2D eigenvalue weighted by molar-refractivity contribution is 0.0954. The molecule has 0 aliphatic rings. The molecule has 5 nitrogen and oxygen atoms in total. The summed E-state index contributed by atoms with van der Waals surface area (Å²) in [5.74, 6) is 1.29. The molecular weight excluding hydrogens is 376 g/mol. The van der Waals surface area contributed by atoms with Gasteiger partial charge in [-0.05, 0) is 30.7 Å². The van der Waals surface area contributed by atoms with Gasteiger partial charge in [0.05, 0.1) is 31.0 Å². The molecule has 1 amide bonds. The number of unbranched alkanes of at least 4 members (excludes halogenated alkanes) is 4. The molecule has 0 atom stereocenters. The molecule has 0 radical (unpaired) electrons. The summed E-state index contributed by atoms with van der Waals surface area (Å²) in [5.41, 5.74) is 2.92. The first-order valence-electron chi connectivity index (χ1n) is 10.6. The Morgan fingerprint density at radius 2 is 1.77 bits per heavy atom. The number of aromatic nitrogens is 1. The van der Waals surface area contributed by atoms with Gasteiger partial charge in [0.1, 0.15) is 11.5 Å². The lowest BCUT2D eigenvalue weighted by atomic mass is 10.0. The van der Waals surface area contributed by atoms with Crippen LogP contribution in [0.5, 0.6) is 11.5 Å². The number of fused-ring (bicyclic) bond motifs is 1. The minimum atomic E-state index is -0.0715. The van der Waals surface area contributed by atoms with Crippen LogP contribution in [0.15, 0.2) is 48.5 Å². The van der Waals surface area contributed by atoms with E-state index in [1.807, 2.05) is 48.5 Å².